The molecule has 0 saturated carbocycles. The van der Waals surface area contributed by atoms with Gasteiger partial charge < -0.3 is 9.67 Å². The van der Waals surface area contributed by atoms with E-state index in [0.717, 1.165) is 22.3 Å². The molecule has 2 N–H and O–H groups in total. The molecule has 24 heavy (non-hydrogen) atoms. The average molecular weight is 341 g/mol. The highest BCUT2D eigenvalue weighted by Crippen LogP contribution is 2.41. The van der Waals surface area contributed by atoms with Gasteiger partial charge >= 0.3 is 5.97 Å². The molecule has 2 aromatic carbocycles. The number of aliphatic carboxylic acids is 1. The van der Waals surface area contributed by atoms with Crippen molar-refractivity contribution >= 4 is 28.5 Å². The Hall–Kier alpha value is -2.30. The Balaban J connectivity index is 1.76. The molecule has 0 radical (unpaired) electrons. The summed E-state index contributed by atoms with van der Waals surface area (Å²) in [5.41, 5.74) is 3.56. The van der Waals surface area contributed by atoms with E-state index >= 15 is 0 Å². The summed E-state index contributed by atoms with van der Waals surface area (Å²) in [5, 5.41) is 14.1. The summed E-state index contributed by atoms with van der Waals surface area (Å²) in [6.07, 6.45) is 2.94. The second-order valence-electron chi connectivity index (χ2n) is 6.15. The standard InChI is InChI=1S/C19H17ClN2O2/c20-14-5-6-16-13(9-14)7-8-22(16)17-10-12-3-1-2-4-15(12)19(17)21-11-18(23)24/h1-9,17,19,21H,10-11H2,(H,23,24)/t17-,19-/m1/s1. The van der Waals surface area contributed by atoms with Gasteiger partial charge in [0.2, 0.25) is 0 Å². The Kier molecular flexibility index (Phi) is 3.79. The number of rotatable bonds is 4. The fourth-order valence-electron chi connectivity index (χ4n) is 3.70. The zero-order valence-electron chi connectivity index (χ0n) is 12.9. The molecule has 0 aliphatic heterocycles. The number of carboxylic acids is 1. The molecule has 1 aliphatic carbocycles. The van der Waals surface area contributed by atoms with Gasteiger partial charge in [-0.2, -0.15) is 0 Å². The molecule has 122 valence electrons. The van der Waals surface area contributed by atoms with E-state index in [0.29, 0.717) is 0 Å². The first-order valence-corrected chi connectivity index (χ1v) is 8.30. The number of nitrogens with zero attached hydrogens (tertiary/aromatic N) is 1. The first-order valence-electron chi connectivity index (χ1n) is 7.92. The third-order valence-electron chi connectivity index (χ3n) is 4.72. The highest BCUT2D eigenvalue weighted by atomic mass is 35.5. The zero-order valence-corrected chi connectivity index (χ0v) is 13.7. The summed E-state index contributed by atoms with van der Waals surface area (Å²) in [7, 11) is 0. The van der Waals surface area contributed by atoms with Gasteiger partial charge in [0.05, 0.1) is 18.6 Å². The molecule has 1 aromatic heterocycles. The normalized spacial score (nSPS) is 19.5. The third-order valence-corrected chi connectivity index (χ3v) is 4.95. The number of benzene rings is 2. The van der Waals surface area contributed by atoms with Crippen molar-refractivity contribution in [3.8, 4) is 0 Å². The van der Waals surface area contributed by atoms with Crippen molar-refractivity contribution in [3.05, 3.63) is 70.9 Å². The minimum atomic E-state index is -0.845. The molecule has 0 saturated heterocycles. The first kappa shape index (κ1) is 15.2. The van der Waals surface area contributed by atoms with Gasteiger partial charge in [0, 0.05) is 22.1 Å². The number of carbonyl (C=O) groups is 1. The molecule has 1 heterocycles. The van der Waals surface area contributed by atoms with Crippen molar-refractivity contribution in [1.82, 2.24) is 9.88 Å². The maximum atomic E-state index is 11.0. The average Bonchev–Trinajstić information content (AvgIpc) is 3.13. The summed E-state index contributed by atoms with van der Waals surface area (Å²) < 4.78 is 2.23. The number of halogens is 1. The number of hydrogen-bond donors (Lipinski definition) is 2. The minimum absolute atomic E-state index is 0.0245. The van der Waals surface area contributed by atoms with Crippen LogP contribution in [0.1, 0.15) is 23.2 Å². The lowest BCUT2D eigenvalue weighted by atomic mass is 10.1. The van der Waals surface area contributed by atoms with Gasteiger partial charge in [-0.3, -0.25) is 10.1 Å². The molecule has 0 unspecified atom stereocenters. The lowest BCUT2D eigenvalue weighted by molar-refractivity contribution is -0.136. The van der Waals surface area contributed by atoms with Gasteiger partial charge in [0.25, 0.3) is 0 Å². The van der Waals surface area contributed by atoms with Crippen molar-refractivity contribution in [3.63, 3.8) is 0 Å². The van der Waals surface area contributed by atoms with E-state index in [1.54, 1.807) is 0 Å². The molecule has 4 nitrogen and oxygen atoms in total. The van der Waals surface area contributed by atoms with Crippen LogP contribution in [0.3, 0.4) is 0 Å². The molecular weight excluding hydrogens is 324 g/mol. The molecule has 2 atom stereocenters. The van der Waals surface area contributed by atoms with Crippen LogP contribution in [0, 0.1) is 0 Å². The second kappa shape index (κ2) is 5.96. The Morgan fingerprint density at radius 1 is 1.25 bits per heavy atom. The van der Waals surface area contributed by atoms with E-state index in [1.807, 2.05) is 30.3 Å². The van der Waals surface area contributed by atoms with Crippen LogP contribution in [0.4, 0.5) is 0 Å². The fourth-order valence-corrected chi connectivity index (χ4v) is 3.88. The van der Waals surface area contributed by atoms with Crippen LogP contribution in [0.5, 0.6) is 0 Å². The number of fused-ring (bicyclic) bond motifs is 2. The lowest BCUT2D eigenvalue weighted by Crippen LogP contribution is -2.31. The van der Waals surface area contributed by atoms with Gasteiger partial charge in [-0.05, 0) is 41.8 Å². The van der Waals surface area contributed by atoms with Crippen LogP contribution >= 0.6 is 11.6 Å². The van der Waals surface area contributed by atoms with E-state index in [9.17, 15) is 4.79 Å². The Labute approximate surface area is 144 Å². The molecule has 0 bridgehead atoms. The number of aromatic nitrogens is 1. The molecule has 0 amide bonds. The zero-order chi connectivity index (χ0) is 16.7. The van der Waals surface area contributed by atoms with Crippen molar-refractivity contribution in [2.45, 2.75) is 18.5 Å². The SMILES string of the molecule is O=C(O)CN[C@@H]1c2ccccc2C[C@H]1n1ccc2cc(Cl)ccc21. The van der Waals surface area contributed by atoms with E-state index < -0.39 is 5.97 Å². The molecule has 4 rings (SSSR count). The lowest BCUT2D eigenvalue weighted by Gasteiger charge is -2.24. The predicted octanol–water partition coefficient (Wildman–Crippen LogP) is 3.81. The number of carboxylic acid groups (broad SMARTS) is 1. The van der Waals surface area contributed by atoms with E-state index in [1.165, 1.54) is 11.1 Å². The van der Waals surface area contributed by atoms with Gasteiger partial charge in [-0.25, -0.2) is 0 Å². The van der Waals surface area contributed by atoms with Crippen LogP contribution in [0.25, 0.3) is 10.9 Å². The van der Waals surface area contributed by atoms with Crippen molar-refractivity contribution in [2.75, 3.05) is 6.54 Å². The smallest absolute Gasteiger partial charge is 0.317 e. The van der Waals surface area contributed by atoms with Crippen LogP contribution in [0.15, 0.2) is 54.7 Å². The summed E-state index contributed by atoms with van der Waals surface area (Å²) >= 11 is 6.09. The van der Waals surface area contributed by atoms with Crippen molar-refractivity contribution in [2.24, 2.45) is 0 Å². The molecule has 3 aromatic rings. The second-order valence-corrected chi connectivity index (χ2v) is 6.59. The van der Waals surface area contributed by atoms with Gasteiger partial charge in [-0.15, -0.1) is 0 Å². The summed E-state index contributed by atoms with van der Waals surface area (Å²) in [6, 6.07) is 16.3. The van der Waals surface area contributed by atoms with Crippen molar-refractivity contribution in [1.29, 1.82) is 0 Å². The van der Waals surface area contributed by atoms with Crippen LogP contribution in [0.2, 0.25) is 5.02 Å². The van der Waals surface area contributed by atoms with Crippen molar-refractivity contribution < 1.29 is 9.90 Å². The highest BCUT2D eigenvalue weighted by molar-refractivity contribution is 6.31. The van der Waals surface area contributed by atoms with Gasteiger partial charge in [-0.1, -0.05) is 35.9 Å². The Morgan fingerprint density at radius 3 is 2.92 bits per heavy atom. The molecular formula is C19H17ClN2O2. The van der Waals surface area contributed by atoms with E-state index in [2.05, 4.69) is 34.3 Å². The number of nitrogens with one attached hydrogen (secondary N) is 1. The van der Waals surface area contributed by atoms with Crippen LogP contribution in [-0.4, -0.2) is 22.2 Å². The maximum absolute atomic E-state index is 11.0. The predicted molar refractivity (Wildman–Crippen MR) is 94.5 cm³/mol. The van der Waals surface area contributed by atoms with Crippen LogP contribution in [-0.2, 0) is 11.2 Å². The highest BCUT2D eigenvalue weighted by Gasteiger charge is 2.33. The molecule has 0 spiro atoms. The molecule has 1 aliphatic rings. The Bertz CT molecular complexity index is 919. The summed E-state index contributed by atoms with van der Waals surface area (Å²) in [6.45, 7) is -0.0550. The first-order chi connectivity index (χ1) is 11.6. The third kappa shape index (κ3) is 2.58. The summed E-state index contributed by atoms with van der Waals surface area (Å²) in [5.74, 6) is -0.845. The van der Waals surface area contributed by atoms with Gasteiger partial charge in [0.15, 0.2) is 0 Å². The molecule has 5 heteroatoms. The monoisotopic (exact) mass is 340 g/mol. The number of hydrogen-bond acceptors (Lipinski definition) is 2. The Morgan fingerprint density at radius 2 is 2.08 bits per heavy atom. The van der Waals surface area contributed by atoms with Crippen LogP contribution < -0.4 is 5.32 Å². The fraction of sp³-hybridized carbons (Fsp3) is 0.211. The largest absolute Gasteiger partial charge is 0.480 e. The maximum Gasteiger partial charge on any atom is 0.317 e. The minimum Gasteiger partial charge on any atom is -0.480 e. The van der Waals surface area contributed by atoms with E-state index in [4.69, 9.17) is 16.7 Å². The van der Waals surface area contributed by atoms with Gasteiger partial charge in [0.1, 0.15) is 0 Å². The molecule has 0 fully saturated rings. The topological polar surface area (TPSA) is 54.3 Å². The van der Waals surface area contributed by atoms with E-state index in [-0.39, 0.29) is 18.6 Å². The quantitative estimate of drug-likeness (QED) is 0.759. The summed E-state index contributed by atoms with van der Waals surface area (Å²) in [4.78, 5) is 11.0.